The second kappa shape index (κ2) is 3.93. The fraction of sp³-hybridized carbons (Fsp3) is 0.417. The molecule has 1 N–H and O–H groups in total. The van der Waals surface area contributed by atoms with Gasteiger partial charge < -0.3 is 9.84 Å². The molecule has 2 atom stereocenters. The predicted molar refractivity (Wildman–Crippen MR) is 56.1 cm³/mol. The molecule has 15 heavy (non-hydrogen) atoms. The molecule has 0 amide bonds. The van der Waals surface area contributed by atoms with Gasteiger partial charge in [-0.15, -0.1) is 0 Å². The van der Waals surface area contributed by atoms with Gasteiger partial charge in [-0.25, -0.2) is 0 Å². The van der Waals surface area contributed by atoms with Gasteiger partial charge in [-0.1, -0.05) is 12.1 Å². The topological polar surface area (TPSA) is 46.5 Å². The summed E-state index contributed by atoms with van der Waals surface area (Å²) in [6.45, 7) is 2.57. The molecule has 0 radical (unpaired) electrons. The molecular formula is C12H14O3. The summed E-state index contributed by atoms with van der Waals surface area (Å²) >= 11 is 0. The molecule has 3 heteroatoms. The second-order valence-electron chi connectivity index (χ2n) is 3.79. The molecule has 0 unspecified atom stereocenters. The van der Waals surface area contributed by atoms with Crippen LogP contribution in [0.2, 0.25) is 0 Å². The minimum absolute atomic E-state index is 0.183. The van der Waals surface area contributed by atoms with Gasteiger partial charge in [0.15, 0.2) is 0 Å². The van der Waals surface area contributed by atoms with Crippen molar-refractivity contribution in [2.45, 2.75) is 19.3 Å². The standard InChI is InChI=1S/C12H14O3/c1-2-15-9-5-3-4-8(6-9)10-7-11(10)12(13)14/h3-6,10-11H,2,7H2,1H3,(H,13,14)/t10-,11-/m1/s1. The first-order chi connectivity index (χ1) is 7.22. The SMILES string of the molecule is CCOc1cccc([C@H]2C[C@H]2C(=O)O)c1. The van der Waals surface area contributed by atoms with Crippen LogP contribution in [0.25, 0.3) is 0 Å². The zero-order chi connectivity index (χ0) is 10.8. The zero-order valence-corrected chi connectivity index (χ0v) is 8.64. The van der Waals surface area contributed by atoms with E-state index in [1.54, 1.807) is 0 Å². The van der Waals surface area contributed by atoms with E-state index >= 15 is 0 Å². The first-order valence-electron chi connectivity index (χ1n) is 5.18. The van der Waals surface area contributed by atoms with Gasteiger partial charge in [0.1, 0.15) is 5.75 Å². The van der Waals surface area contributed by atoms with Crippen LogP contribution in [0.4, 0.5) is 0 Å². The average Bonchev–Trinajstić information content (AvgIpc) is 2.98. The predicted octanol–water partition coefficient (Wildman–Crippen LogP) is 2.27. The lowest BCUT2D eigenvalue weighted by Gasteiger charge is -2.04. The Morgan fingerprint density at radius 3 is 3.00 bits per heavy atom. The quantitative estimate of drug-likeness (QED) is 0.822. The Labute approximate surface area is 88.7 Å². The molecular weight excluding hydrogens is 192 g/mol. The van der Waals surface area contributed by atoms with Crippen LogP contribution in [0, 0.1) is 5.92 Å². The first-order valence-corrected chi connectivity index (χ1v) is 5.18. The fourth-order valence-corrected chi connectivity index (χ4v) is 1.84. The number of carbonyl (C=O) groups is 1. The lowest BCUT2D eigenvalue weighted by atomic mass is 10.1. The van der Waals surface area contributed by atoms with Crippen LogP contribution in [0.15, 0.2) is 24.3 Å². The molecule has 1 aromatic rings. The summed E-state index contributed by atoms with van der Waals surface area (Å²) in [6.07, 6.45) is 0.755. The van der Waals surface area contributed by atoms with Crippen LogP contribution in [0.1, 0.15) is 24.8 Å². The summed E-state index contributed by atoms with van der Waals surface area (Å²) in [7, 11) is 0. The average molecular weight is 206 g/mol. The van der Waals surface area contributed by atoms with Gasteiger partial charge in [0.2, 0.25) is 0 Å². The maximum absolute atomic E-state index is 10.7. The largest absolute Gasteiger partial charge is 0.494 e. The number of benzene rings is 1. The van der Waals surface area contributed by atoms with Crippen molar-refractivity contribution in [1.29, 1.82) is 0 Å². The van der Waals surface area contributed by atoms with Gasteiger partial charge in [-0.2, -0.15) is 0 Å². The van der Waals surface area contributed by atoms with Crippen molar-refractivity contribution in [3.63, 3.8) is 0 Å². The Kier molecular flexibility index (Phi) is 2.62. The molecule has 0 aliphatic heterocycles. The van der Waals surface area contributed by atoms with E-state index in [2.05, 4.69) is 0 Å². The molecule has 3 nitrogen and oxygen atoms in total. The monoisotopic (exact) mass is 206 g/mol. The van der Waals surface area contributed by atoms with Gasteiger partial charge >= 0.3 is 5.97 Å². The van der Waals surface area contributed by atoms with E-state index in [0.29, 0.717) is 6.61 Å². The van der Waals surface area contributed by atoms with Crippen LogP contribution in [0.5, 0.6) is 5.75 Å². The van der Waals surface area contributed by atoms with E-state index < -0.39 is 5.97 Å². The summed E-state index contributed by atoms with van der Waals surface area (Å²) < 4.78 is 5.37. The smallest absolute Gasteiger partial charge is 0.307 e. The molecule has 1 aromatic carbocycles. The third-order valence-electron chi connectivity index (χ3n) is 2.70. The van der Waals surface area contributed by atoms with Crippen LogP contribution < -0.4 is 4.74 Å². The highest BCUT2D eigenvalue weighted by atomic mass is 16.5. The normalized spacial score (nSPS) is 23.5. The van der Waals surface area contributed by atoms with Crippen molar-refractivity contribution in [1.82, 2.24) is 0 Å². The van der Waals surface area contributed by atoms with Crippen LogP contribution in [-0.2, 0) is 4.79 Å². The van der Waals surface area contributed by atoms with E-state index in [0.717, 1.165) is 17.7 Å². The number of carboxylic acids is 1. The summed E-state index contributed by atoms with van der Waals surface area (Å²) in [5, 5.41) is 8.83. The van der Waals surface area contributed by atoms with Crippen molar-refractivity contribution in [2.75, 3.05) is 6.61 Å². The van der Waals surface area contributed by atoms with Gasteiger partial charge in [0.05, 0.1) is 12.5 Å². The van der Waals surface area contributed by atoms with E-state index in [4.69, 9.17) is 9.84 Å². The number of aliphatic carboxylic acids is 1. The number of ether oxygens (including phenoxy) is 1. The maximum atomic E-state index is 10.7. The Bertz CT molecular complexity index is 373. The molecule has 0 bridgehead atoms. The lowest BCUT2D eigenvalue weighted by Crippen LogP contribution is -1.99. The summed E-state index contributed by atoms with van der Waals surface area (Å²) in [6, 6.07) is 7.72. The van der Waals surface area contributed by atoms with Crippen molar-refractivity contribution >= 4 is 5.97 Å². The van der Waals surface area contributed by atoms with Gasteiger partial charge in [-0.05, 0) is 37.0 Å². The maximum Gasteiger partial charge on any atom is 0.307 e. The van der Waals surface area contributed by atoms with Crippen LogP contribution in [-0.4, -0.2) is 17.7 Å². The van der Waals surface area contributed by atoms with Crippen LogP contribution >= 0.6 is 0 Å². The van der Waals surface area contributed by atoms with Crippen molar-refractivity contribution in [3.8, 4) is 5.75 Å². The number of rotatable bonds is 4. The summed E-state index contributed by atoms with van der Waals surface area (Å²) in [4.78, 5) is 10.7. The number of carboxylic acid groups (broad SMARTS) is 1. The molecule has 1 saturated carbocycles. The van der Waals surface area contributed by atoms with E-state index in [1.807, 2.05) is 31.2 Å². The van der Waals surface area contributed by atoms with E-state index in [-0.39, 0.29) is 11.8 Å². The second-order valence-corrected chi connectivity index (χ2v) is 3.79. The molecule has 0 aromatic heterocycles. The Balaban J connectivity index is 2.10. The molecule has 80 valence electrons. The van der Waals surface area contributed by atoms with Gasteiger partial charge in [0, 0.05) is 0 Å². The highest BCUT2D eigenvalue weighted by molar-refractivity contribution is 5.75. The number of hydrogen-bond acceptors (Lipinski definition) is 2. The molecule has 2 rings (SSSR count). The van der Waals surface area contributed by atoms with Gasteiger partial charge in [0.25, 0.3) is 0 Å². The Morgan fingerprint density at radius 1 is 1.60 bits per heavy atom. The third kappa shape index (κ3) is 2.12. The van der Waals surface area contributed by atoms with E-state index in [1.165, 1.54) is 0 Å². The highest BCUT2D eigenvalue weighted by Gasteiger charge is 2.44. The third-order valence-corrected chi connectivity index (χ3v) is 2.70. The molecule has 0 spiro atoms. The molecule has 1 fully saturated rings. The van der Waals surface area contributed by atoms with Gasteiger partial charge in [-0.3, -0.25) is 4.79 Å². The highest BCUT2D eigenvalue weighted by Crippen LogP contribution is 2.48. The lowest BCUT2D eigenvalue weighted by molar-refractivity contribution is -0.138. The first kappa shape index (κ1) is 10.0. The molecule has 1 aliphatic carbocycles. The van der Waals surface area contributed by atoms with Crippen molar-refractivity contribution in [2.24, 2.45) is 5.92 Å². The number of hydrogen-bond donors (Lipinski definition) is 1. The summed E-state index contributed by atoms with van der Waals surface area (Å²) in [5.74, 6) is 0.123. The molecule has 1 aliphatic rings. The fourth-order valence-electron chi connectivity index (χ4n) is 1.84. The Hall–Kier alpha value is -1.51. The summed E-state index contributed by atoms with van der Waals surface area (Å²) in [5.41, 5.74) is 1.08. The van der Waals surface area contributed by atoms with Crippen molar-refractivity contribution < 1.29 is 14.6 Å². The Morgan fingerprint density at radius 2 is 2.40 bits per heavy atom. The zero-order valence-electron chi connectivity index (χ0n) is 8.64. The minimum atomic E-state index is -0.693. The molecule has 0 saturated heterocycles. The molecule has 0 heterocycles. The minimum Gasteiger partial charge on any atom is -0.494 e. The van der Waals surface area contributed by atoms with E-state index in [9.17, 15) is 4.79 Å². The van der Waals surface area contributed by atoms with Crippen LogP contribution in [0.3, 0.4) is 0 Å². The van der Waals surface area contributed by atoms with Crippen molar-refractivity contribution in [3.05, 3.63) is 29.8 Å².